The topological polar surface area (TPSA) is 69.6 Å². The Bertz CT molecular complexity index is 350. The van der Waals surface area contributed by atoms with Gasteiger partial charge in [0.25, 0.3) is 0 Å². The van der Waals surface area contributed by atoms with E-state index in [1.54, 1.807) is 35.7 Å². The van der Waals surface area contributed by atoms with Crippen LogP contribution in [0.1, 0.15) is 0 Å². The van der Waals surface area contributed by atoms with Gasteiger partial charge in [-0.05, 0) is 0 Å². The highest BCUT2D eigenvalue weighted by Gasteiger charge is 1.96. The molecule has 0 bridgehead atoms. The minimum absolute atomic E-state index is 0.555. The first-order valence-electron chi connectivity index (χ1n) is 3.42. The van der Waals surface area contributed by atoms with Gasteiger partial charge in [-0.2, -0.15) is 0 Å². The summed E-state index contributed by atoms with van der Waals surface area (Å²) >= 11 is 0. The number of nitrogens with two attached hydrogens (primary N) is 1. The summed E-state index contributed by atoms with van der Waals surface area (Å²) in [6, 6.07) is 0. The number of aromatic nitrogens is 4. The maximum atomic E-state index is 5.43. The molecule has 0 radical (unpaired) electrons. The van der Waals surface area contributed by atoms with Gasteiger partial charge in [0.15, 0.2) is 0 Å². The number of nitrogen functional groups attached to an aromatic ring is 1. The number of anilines is 1. The average molecular weight is 161 g/mol. The Kier molecular flexibility index (Phi) is 1.48. The van der Waals surface area contributed by atoms with E-state index in [4.69, 9.17) is 5.73 Å². The second-order valence-corrected chi connectivity index (χ2v) is 2.29. The van der Waals surface area contributed by atoms with Gasteiger partial charge in [0.1, 0.15) is 6.33 Å². The van der Waals surface area contributed by atoms with Gasteiger partial charge >= 0.3 is 0 Å². The van der Waals surface area contributed by atoms with Crippen LogP contribution in [0, 0.1) is 0 Å². The van der Waals surface area contributed by atoms with Crippen LogP contribution in [0.5, 0.6) is 0 Å². The van der Waals surface area contributed by atoms with Crippen molar-refractivity contribution in [1.82, 2.24) is 19.5 Å². The molecule has 2 aromatic heterocycles. The first kappa shape index (κ1) is 6.78. The third-order valence-corrected chi connectivity index (χ3v) is 1.39. The monoisotopic (exact) mass is 161 g/mol. The summed E-state index contributed by atoms with van der Waals surface area (Å²) in [6.45, 7) is 0. The van der Waals surface area contributed by atoms with Crippen LogP contribution in [0.3, 0.4) is 0 Å². The van der Waals surface area contributed by atoms with Crippen molar-refractivity contribution >= 4 is 5.69 Å². The third-order valence-electron chi connectivity index (χ3n) is 1.39. The molecule has 0 amide bonds. The molecule has 60 valence electrons. The van der Waals surface area contributed by atoms with E-state index in [1.807, 2.05) is 0 Å². The number of rotatable bonds is 1. The zero-order valence-corrected chi connectivity index (χ0v) is 6.25. The SMILES string of the molecule is Nc1cnc(-n2ccnc2)nc1. The Morgan fingerprint density at radius 1 is 1.25 bits per heavy atom. The molecule has 2 aromatic rings. The fraction of sp³-hybridized carbons (Fsp3) is 0. The van der Waals surface area contributed by atoms with E-state index >= 15 is 0 Å². The molecule has 0 aromatic carbocycles. The molecular weight excluding hydrogens is 154 g/mol. The van der Waals surface area contributed by atoms with Crippen LogP contribution < -0.4 is 5.73 Å². The van der Waals surface area contributed by atoms with E-state index in [1.165, 1.54) is 0 Å². The zero-order chi connectivity index (χ0) is 8.39. The van der Waals surface area contributed by atoms with Crippen LogP contribution in [-0.2, 0) is 0 Å². The van der Waals surface area contributed by atoms with Crippen molar-refractivity contribution in [2.24, 2.45) is 0 Å². The average Bonchev–Trinajstić information content (AvgIpc) is 2.58. The Balaban J connectivity index is 2.43. The van der Waals surface area contributed by atoms with E-state index in [2.05, 4.69) is 15.0 Å². The quantitative estimate of drug-likeness (QED) is 0.650. The summed E-state index contributed by atoms with van der Waals surface area (Å²) < 4.78 is 1.71. The largest absolute Gasteiger partial charge is 0.396 e. The van der Waals surface area contributed by atoms with Crippen LogP contribution in [0.4, 0.5) is 5.69 Å². The van der Waals surface area contributed by atoms with Crippen molar-refractivity contribution in [2.75, 3.05) is 5.73 Å². The first-order valence-corrected chi connectivity index (χ1v) is 3.42. The van der Waals surface area contributed by atoms with Crippen molar-refractivity contribution in [2.45, 2.75) is 0 Å². The standard InChI is InChI=1S/C7H7N5/c8-6-3-10-7(11-4-6)12-2-1-9-5-12/h1-5H,8H2. The normalized spacial score (nSPS) is 10.0. The number of nitrogens with zero attached hydrogens (tertiary/aromatic N) is 4. The molecule has 2 N–H and O–H groups in total. The lowest BCUT2D eigenvalue weighted by Gasteiger charge is -1.97. The van der Waals surface area contributed by atoms with Gasteiger partial charge in [-0.25, -0.2) is 15.0 Å². The van der Waals surface area contributed by atoms with Crippen molar-refractivity contribution < 1.29 is 0 Å². The van der Waals surface area contributed by atoms with E-state index in [0.29, 0.717) is 11.6 Å². The maximum absolute atomic E-state index is 5.43. The number of hydrogen-bond donors (Lipinski definition) is 1. The van der Waals surface area contributed by atoms with Gasteiger partial charge < -0.3 is 5.73 Å². The van der Waals surface area contributed by atoms with Crippen molar-refractivity contribution in [3.05, 3.63) is 31.1 Å². The highest BCUT2D eigenvalue weighted by Crippen LogP contribution is 2.00. The van der Waals surface area contributed by atoms with Crippen LogP contribution >= 0.6 is 0 Å². The van der Waals surface area contributed by atoms with Crippen molar-refractivity contribution in [3.8, 4) is 5.95 Å². The molecule has 0 spiro atoms. The molecule has 2 heterocycles. The molecule has 12 heavy (non-hydrogen) atoms. The van der Waals surface area contributed by atoms with Gasteiger partial charge in [0.05, 0.1) is 18.1 Å². The highest BCUT2D eigenvalue weighted by atomic mass is 15.2. The molecule has 0 aliphatic heterocycles. The van der Waals surface area contributed by atoms with Crippen molar-refractivity contribution in [1.29, 1.82) is 0 Å². The van der Waals surface area contributed by atoms with E-state index in [-0.39, 0.29) is 0 Å². The summed E-state index contributed by atoms with van der Waals surface area (Å²) in [4.78, 5) is 11.9. The van der Waals surface area contributed by atoms with E-state index in [9.17, 15) is 0 Å². The van der Waals surface area contributed by atoms with Gasteiger partial charge in [0.2, 0.25) is 5.95 Å². The first-order chi connectivity index (χ1) is 5.86. The molecule has 0 fully saturated rings. The molecule has 0 aliphatic carbocycles. The summed E-state index contributed by atoms with van der Waals surface area (Å²) in [7, 11) is 0. The number of hydrogen-bond acceptors (Lipinski definition) is 4. The zero-order valence-electron chi connectivity index (χ0n) is 6.25. The summed E-state index contributed by atoms with van der Waals surface area (Å²) in [5.41, 5.74) is 5.98. The van der Waals surface area contributed by atoms with E-state index < -0.39 is 0 Å². The fourth-order valence-electron chi connectivity index (χ4n) is 0.842. The minimum atomic E-state index is 0.555. The Morgan fingerprint density at radius 3 is 2.58 bits per heavy atom. The number of imidazole rings is 1. The molecule has 0 saturated heterocycles. The summed E-state index contributed by atoms with van der Waals surface area (Å²) in [6.07, 6.45) is 8.18. The Hall–Kier alpha value is -1.91. The maximum Gasteiger partial charge on any atom is 0.234 e. The van der Waals surface area contributed by atoms with Gasteiger partial charge in [-0.3, -0.25) is 4.57 Å². The van der Waals surface area contributed by atoms with Crippen LogP contribution in [0.15, 0.2) is 31.1 Å². The molecule has 0 atom stereocenters. The molecule has 0 aliphatic rings. The van der Waals surface area contributed by atoms with Crippen LogP contribution in [0.25, 0.3) is 5.95 Å². The second-order valence-electron chi connectivity index (χ2n) is 2.29. The van der Waals surface area contributed by atoms with Crippen LogP contribution in [0.2, 0.25) is 0 Å². The van der Waals surface area contributed by atoms with Gasteiger partial charge in [-0.1, -0.05) is 0 Å². The van der Waals surface area contributed by atoms with E-state index in [0.717, 1.165) is 0 Å². The minimum Gasteiger partial charge on any atom is -0.396 e. The predicted octanol–water partition coefficient (Wildman–Crippen LogP) is 0.245. The smallest absolute Gasteiger partial charge is 0.234 e. The van der Waals surface area contributed by atoms with Gasteiger partial charge in [0, 0.05) is 12.4 Å². The highest BCUT2D eigenvalue weighted by molar-refractivity contribution is 5.32. The summed E-state index contributed by atoms with van der Waals surface area (Å²) in [5, 5.41) is 0. The molecule has 5 heteroatoms. The fourth-order valence-corrected chi connectivity index (χ4v) is 0.842. The lowest BCUT2D eigenvalue weighted by Crippen LogP contribution is -1.98. The van der Waals surface area contributed by atoms with Gasteiger partial charge in [-0.15, -0.1) is 0 Å². The van der Waals surface area contributed by atoms with Crippen LogP contribution in [-0.4, -0.2) is 19.5 Å². The lowest BCUT2D eigenvalue weighted by atomic mass is 10.6. The molecule has 2 rings (SSSR count). The predicted molar refractivity (Wildman–Crippen MR) is 43.6 cm³/mol. The second kappa shape index (κ2) is 2.61. The Labute approximate surface area is 68.9 Å². The molecular formula is C7H7N5. The van der Waals surface area contributed by atoms with Crippen molar-refractivity contribution in [3.63, 3.8) is 0 Å². The summed E-state index contributed by atoms with van der Waals surface area (Å²) in [5.74, 6) is 0.571. The lowest BCUT2D eigenvalue weighted by molar-refractivity contribution is 0.927. The molecule has 5 nitrogen and oxygen atoms in total. The Morgan fingerprint density at radius 2 is 2.00 bits per heavy atom. The third kappa shape index (κ3) is 1.12. The molecule has 0 unspecified atom stereocenters. The molecule has 0 saturated carbocycles.